The predicted molar refractivity (Wildman–Crippen MR) is 135 cm³/mol. The minimum Gasteiger partial charge on any atom is -0.327 e. The smallest absolute Gasteiger partial charge is 0.261 e. The van der Waals surface area contributed by atoms with Gasteiger partial charge in [0, 0.05) is 29.1 Å². The molecular formula is C29H29N3O2. The first-order chi connectivity index (χ1) is 16.7. The summed E-state index contributed by atoms with van der Waals surface area (Å²) in [7, 11) is 0. The van der Waals surface area contributed by atoms with Gasteiger partial charge in [-0.3, -0.25) is 14.5 Å². The number of unbranched alkanes of at least 4 members (excludes halogenated alkanes) is 1. The van der Waals surface area contributed by atoms with E-state index in [1.54, 1.807) is 0 Å². The van der Waals surface area contributed by atoms with Crippen molar-refractivity contribution >= 4 is 33.6 Å². The quantitative estimate of drug-likeness (QED) is 0.315. The highest BCUT2D eigenvalue weighted by Crippen LogP contribution is 2.38. The van der Waals surface area contributed by atoms with Crippen LogP contribution in [-0.2, 0) is 0 Å². The van der Waals surface area contributed by atoms with E-state index in [0.717, 1.165) is 40.3 Å². The lowest BCUT2D eigenvalue weighted by Gasteiger charge is -2.27. The maximum Gasteiger partial charge on any atom is 0.261 e. The van der Waals surface area contributed by atoms with E-state index in [1.165, 1.54) is 42.5 Å². The summed E-state index contributed by atoms with van der Waals surface area (Å²) in [6.07, 6.45) is 10.1. The molecule has 1 saturated carbocycles. The molecule has 5 heteroatoms. The molecular weight excluding hydrogens is 422 g/mol. The van der Waals surface area contributed by atoms with E-state index in [1.807, 2.05) is 36.7 Å². The molecule has 0 unspecified atom stereocenters. The zero-order valence-electron chi connectivity index (χ0n) is 19.6. The average molecular weight is 452 g/mol. The van der Waals surface area contributed by atoms with Crippen LogP contribution in [0.5, 0.6) is 0 Å². The Kier molecular flexibility index (Phi) is 5.20. The summed E-state index contributed by atoms with van der Waals surface area (Å²) in [5.74, 6) is -0.370. The Hall–Kier alpha value is -3.47. The topological polar surface area (TPSA) is 55.2 Å². The second-order valence-corrected chi connectivity index (χ2v) is 9.65. The molecule has 0 N–H and O–H groups in total. The zero-order valence-corrected chi connectivity index (χ0v) is 19.6. The lowest BCUT2D eigenvalue weighted by Crippen LogP contribution is -2.40. The number of fused-ring (bicyclic) bond motifs is 1. The molecule has 5 nitrogen and oxygen atoms in total. The van der Waals surface area contributed by atoms with Gasteiger partial charge in [-0.1, -0.05) is 56.9 Å². The van der Waals surface area contributed by atoms with Crippen LogP contribution in [0.1, 0.15) is 78.6 Å². The van der Waals surface area contributed by atoms with Gasteiger partial charge in [0.05, 0.1) is 17.4 Å². The highest BCUT2D eigenvalue weighted by molar-refractivity contribution is 6.27. The van der Waals surface area contributed by atoms with Crippen LogP contribution in [0.15, 0.2) is 54.9 Å². The van der Waals surface area contributed by atoms with Gasteiger partial charge in [-0.05, 0) is 60.0 Å². The molecule has 0 atom stereocenters. The summed E-state index contributed by atoms with van der Waals surface area (Å²) in [4.78, 5) is 32.5. The second kappa shape index (κ2) is 8.39. The van der Waals surface area contributed by atoms with Crippen molar-refractivity contribution in [3.05, 3.63) is 66.0 Å². The molecule has 0 spiro atoms. The monoisotopic (exact) mass is 451 g/mol. The Morgan fingerprint density at radius 2 is 1.68 bits per heavy atom. The number of carbonyl (C=O) groups excluding carboxylic acids is 2. The van der Waals surface area contributed by atoms with Crippen LogP contribution < -0.4 is 0 Å². The van der Waals surface area contributed by atoms with Crippen LogP contribution in [0.2, 0.25) is 0 Å². The van der Waals surface area contributed by atoms with Crippen LogP contribution in [0.3, 0.4) is 0 Å². The maximum absolute atomic E-state index is 13.2. The van der Waals surface area contributed by atoms with E-state index in [2.05, 4.69) is 29.7 Å². The number of aromatic nitrogens is 2. The number of hydrogen-bond donors (Lipinski definition) is 0. The third-order valence-electron chi connectivity index (χ3n) is 7.58. The Morgan fingerprint density at radius 3 is 2.47 bits per heavy atom. The summed E-state index contributed by atoms with van der Waals surface area (Å²) >= 11 is 0. The Bertz CT molecular complexity index is 1410. The van der Waals surface area contributed by atoms with E-state index >= 15 is 0 Å². The lowest BCUT2D eigenvalue weighted by atomic mass is 9.89. The maximum atomic E-state index is 13.2. The molecule has 6 rings (SSSR count). The first-order valence-electron chi connectivity index (χ1n) is 12.6. The van der Waals surface area contributed by atoms with Crippen molar-refractivity contribution in [3.8, 4) is 11.1 Å². The minimum absolute atomic E-state index is 0.185. The molecule has 1 aliphatic carbocycles. The summed E-state index contributed by atoms with van der Waals surface area (Å²) < 4.78 is 2.35. The van der Waals surface area contributed by atoms with Gasteiger partial charge in [0.15, 0.2) is 0 Å². The Balaban J connectivity index is 1.44. The lowest BCUT2D eigenvalue weighted by molar-refractivity contribution is 0.0608. The first-order valence-corrected chi connectivity index (χ1v) is 12.6. The second-order valence-electron chi connectivity index (χ2n) is 9.65. The van der Waals surface area contributed by atoms with Gasteiger partial charge in [0.25, 0.3) is 11.8 Å². The van der Waals surface area contributed by atoms with Crippen molar-refractivity contribution < 1.29 is 9.59 Å². The molecule has 3 aromatic carbocycles. The summed E-state index contributed by atoms with van der Waals surface area (Å²) in [6.45, 7) is 2.53. The van der Waals surface area contributed by atoms with Gasteiger partial charge in [0.2, 0.25) is 0 Å². The third kappa shape index (κ3) is 3.25. The number of imide groups is 1. The fourth-order valence-electron chi connectivity index (χ4n) is 5.77. The Morgan fingerprint density at radius 1 is 0.912 bits per heavy atom. The van der Waals surface area contributed by atoms with Crippen molar-refractivity contribution in [1.82, 2.24) is 14.5 Å². The van der Waals surface area contributed by atoms with Crippen LogP contribution in [0, 0.1) is 0 Å². The van der Waals surface area contributed by atoms with Crippen molar-refractivity contribution in [1.29, 1.82) is 0 Å². The van der Waals surface area contributed by atoms with Crippen LogP contribution in [0.4, 0.5) is 0 Å². The minimum atomic E-state index is -0.185. The number of hydrogen-bond acceptors (Lipinski definition) is 3. The molecule has 2 amide bonds. The van der Waals surface area contributed by atoms with Crippen molar-refractivity contribution in [2.45, 2.75) is 57.9 Å². The molecule has 0 saturated heterocycles. The van der Waals surface area contributed by atoms with E-state index < -0.39 is 0 Å². The van der Waals surface area contributed by atoms with E-state index in [9.17, 15) is 9.59 Å². The van der Waals surface area contributed by atoms with Crippen LogP contribution >= 0.6 is 0 Å². The number of imidazole rings is 1. The van der Waals surface area contributed by atoms with Crippen molar-refractivity contribution in [2.24, 2.45) is 0 Å². The molecule has 2 aliphatic rings. The SMILES string of the molecule is CCCCN1C(=O)c2cccc3c(-c4ccc5c(c4)ncn5C4CCCCC4)ccc(c23)C1=O. The van der Waals surface area contributed by atoms with Gasteiger partial charge in [-0.25, -0.2) is 4.98 Å². The first kappa shape index (κ1) is 21.1. The molecule has 4 aromatic rings. The number of rotatable bonds is 5. The molecule has 2 heterocycles. The average Bonchev–Trinajstić information content (AvgIpc) is 3.31. The molecule has 1 aromatic heterocycles. The highest BCUT2D eigenvalue weighted by atomic mass is 16.2. The number of benzene rings is 3. The molecule has 0 radical (unpaired) electrons. The largest absolute Gasteiger partial charge is 0.327 e. The highest BCUT2D eigenvalue weighted by Gasteiger charge is 2.33. The molecule has 34 heavy (non-hydrogen) atoms. The fourth-order valence-corrected chi connectivity index (χ4v) is 5.77. The summed E-state index contributed by atoms with van der Waals surface area (Å²) in [5, 5.41) is 1.72. The van der Waals surface area contributed by atoms with Crippen LogP contribution in [0.25, 0.3) is 32.9 Å². The van der Waals surface area contributed by atoms with Gasteiger partial charge >= 0.3 is 0 Å². The summed E-state index contributed by atoms with van der Waals surface area (Å²) in [6, 6.07) is 16.7. The van der Waals surface area contributed by atoms with Gasteiger partial charge in [0.1, 0.15) is 0 Å². The molecule has 172 valence electrons. The number of nitrogens with zero attached hydrogens (tertiary/aromatic N) is 3. The van der Waals surface area contributed by atoms with Gasteiger partial charge < -0.3 is 4.57 Å². The predicted octanol–water partition coefficient (Wildman–Crippen LogP) is 6.76. The zero-order chi connectivity index (χ0) is 23.2. The van der Waals surface area contributed by atoms with E-state index in [-0.39, 0.29) is 11.8 Å². The Labute approximate surface area is 199 Å². The van der Waals surface area contributed by atoms with E-state index in [4.69, 9.17) is 4.98 Å². The summed E-state index contributed by atoms with van der Waals surface area (Å²) in [5.41, 5.74) is 5.48. The van der Waals surface area contributed by atoms with Crippen molar-refractivity contribution in [2.75, 3.05) is 6.54 Å². The van der Waals surface area contributed by atoms with Crippen molar-refractivity contribution in [3.63, 3.8) is 0 Å². The van der Waals surface area contributed by atoms with Gasteiger partial charge in [-0.2, -0.15) is 0 Å². The standard InChI is InChI=1S/C29H29N3O2/c1-2-3-16-31-28(33)23-11-7-10-22-21(13-14-24(27(22)23)29(31)34)19-12-15-26-25(17-19)30-18-32(26)20-8-5-4-6-9-20/h7,10-15,17-18,20H,2-6,8-9,16H2,1H3. The molecule has 0 bridgehead atoms. The fraction of sp³-hybridized carbons (Fsp3) is 0.345. The van der Waals surface area contributed by atoms with E-state index in [0.29, 0.717) is 23.7 Å². The van der Waals surface area contributed by atoms with Crippen LogP contribution in [-0.4, -0.2) is 32.8 Å². The molecule has 1 aliphatic heterocycles. The molecule has 1 fully saturated rings. The third-order valence-corrected chi connectivity index (χ3v) is 7.58. The normalized spacial score (nSPS) is 16.7. The number of amides is 2. The number of carbonyl (C=O) groups is 2. The van der Waals surface area contributed by atoms with Gasteiger partial charge in [-0.15, -0.1) is 0 Å².